The van der Waals surface area contributed by atoms with Crippen molar-refractivity contribution in [2.45, 2.75) is 17.9 Å². The average molecular weight is 373 g/mol. The van der Waals surface area contributed by atoms with Crippen LogP contribution in [0.4, 0.5) is 4.39 Å². The van der Waals surface area contributed by atoms with E-state index >= 15 is 0 Å². The summed E-state index contributed by atoms with van der Waals surface area (Å²) in [6.07, 6.45) is 0. The molecule has 0 N–H and O–H groups in total. The van der Waals surface area contributed by atoms with Crippen molar-refractivity contribution in [1.29, 1.82) is 5.26 Å². The Kier molecular flexibility index (Phi) is 5.37. The van der Waals surface area contributed by atoms with Crippen LogP contribution in [0.15, 0.2) is 53.4 Å². The zero-order valence-electron chi connectivity index (χ0n) is 14.5. The van der Waals surface area contributed by atoms with Gasteiger partial charge in [0.15, 0.2) is 0 Å². The Morgan fingerprint density at radius 3 is 2.23 bits per heavy atom. The number of hydrogen-bond donors (Lipinski definition) is 0. The van der Waals surface area contributed by atoms with Gasteiger partial charge in [0.05, 0.1) is 11.0 Å². The van der Waals surface area contributed by atoms with Gasteiger partial charge in [0.2, 0.25) is 10.0 Å². The molecule has 0 aromatic heterocycles. The molecule has 0 saturated carbocycles. The Morgan fingerprint density at radius 2 is 1.65 bits per heavy atom. The Hall–Kier alpha value is -2.27. The van der Waals surface area contributed by atoms with Crippen LogP contribution in [0.5, 0.6) is 0 Å². The first kappa shape index (κ1) is 18.5. The molecule has 2 aromatic carbocycles. The highest BCUT2D eigenvalue weighted by Gasteiger charge is 2.32. The van der Waals surface area contributed by atoms with Crippen molar-refractivity contribution in [3.8, 4) is 6.07 Å². The summed E-state index contributed by atoms with van der Waals surface area (Å²) in [7, 11) is -3.54. The van der Waals surface area contributed by atoms with Gasteiger partial charge in [-0.1, -0.05) is 30.3 Å². The fourth-order valence-corrected chi connectivity index (χ4v) is 4.85. The fourth-order valence-electron chi connectivity index (χ4n) is 3.20. The van der Waals surface area contributed by atoms with E-state index < -0.39 is 16.1 Å². The normalized spacial score (nSPS) is 17.6. The van der Waals surface area contributed by atoms with Crippen LogP contribution >= 0.6 is 0 Å². The molecule has 1 fully saturated rings. The molecule has 0 amide bonds. The monoisotopic (exact) mass is 373 g/mol. The molecule has 136 valence electrons. The quantitative estimate of drug-likeness (QED) is 0.827. The summed E-state index contributed by atoms with van der Waals surface area (Å²) in [5, 5.41) is 9.52. The van der Waals surface area contributed by atoms with E-state index in [1.165, 1.54) is 16.4 Å². The third kappa shape index (κ3) is 3.63. The predicted octanol–water partition coefficient (Wildman–Crippen LogP) is 2.71. The summed E-state index contributed by atoms with van der Waals surface area (Å²) >= 11 is 0. The fraction of sp³-hybridized carbons (Fsp3) is 0.316. The molecule has 0 bridgehead atoms. The molecule has 1 saturated heterocycles. The highest BCUT2D eigenvalue weighted by Crippen LogP contribution is 2.25. The van der Waals surface area contributed by atoms with Gasteiger partial charge in [-0.25, -0.2) is 12.8 Å². The van der Waals surface area contributed by atoms with Crippen LogP contribution in [0, 0.1) is 24.1 Å². The second kappa shape index (κ2) is 7.54. The first-order valence-corrected chi connectivity index (χ1v) is 9.82. The van der Waals surface area contributed by atoms with E-state index in [1.54, 1.807) is 37.3 Å². The predicted molar refractivity (Wildman–Crippen MR) is 96.3 cm³/mol. The molecule has 7 heteroatoms. The number of nitrogens with zero attached hydrogens (tertiary/aromatic N) is 3. The molecule has 0 spiro atoms. The highest BCUT2D eigenvalue weighted by atomic mass is 32.2. The Bertz CT molecular complexity index is 915. The lowest BCUT2D eigenvalue weighted by Gasteiger charge is -2.36. The van der Waals surface area contributed by atoms with Crippen LogP contribution in [0.1, 0.15) is 17.2 Å². The molecule has 2 aromatic rings. The minimum Gasteiger partial charge on any atom is -0.282 e. The van der Waals surface area contributed by atoms with Crippen molar-refractivity contribution >= 4 is 10.0 Å². The van der Waals surface area contributed by atoms with Crippen LogP contribution < -0.4 is 0 Å². The summed E-state index contributed by atoms with van der Waals surface area (Å²) in [6.45, 7) is 3.30. The molecule has 26 heavy (non-hydrogen) atoms. The van der Waals surface area contributed by atoms with Gasteiger partial charge in [0.1, 0.15) is 11.9 Å². The number of sulfonamides is 1. The number of halogens is 1. The van der Waals surface area contributed by atoms with Crippen LogP contribution in [0.3, 0.4) is 0 Å². The maximum Gasteiger partial charge on any atom is 0.243 e. The second-order valence-corrected chi connectivity index (χ2v) is 8.20. The summed E-state index contributed by atoms with van der Waals surface area (Å²) < 4.78 is 40.3. The van der Waals surface area contributed by atoms with Gasteiger partial charge in [-0.3, -0.25) is 4.90 Å². The summed E-state index contributed by atoms with van der Waals surface area (Å²) in [6, 6.07) is 14.5. The van der Waals surface area contributed by atoms with Gasteiger partial charge in [-0.2, -0.15) is 9.57 Å². The maximum atomic E-state index is 13.1. The molecule has 5 nitrogen and oxygen atoms in total. The minimum absolute atomic E-state index is 0.316. The molecule has 1 aliphatic heterocycles. The first-order chi connectivity index (χ1) is 12.4. The number of hydrogen-bond acceptors (Lipinski definition) is 4. The van der Waals surface area contributed by atoms with Crippen LogP contribution in [-0.4, -0.2) is 43.8 Å². The molecule has 0 aliphatic carbocycles. The van der Waals surface area contributed by atoms with Crippen molar-refractivity contribution in [1.82, 2.24) is 9.21 Å². The molecule has 0 radical (unpaired) electrons. The van der Waals surface area contributed by atoms with Crippen LogP contribution in [-0.2, 0) is 10.0 Å². The Labute approximate surface area is 153 Å². The lowest BCUT2D eigenvalue weighted by Crippen LogP contribution is -2.49. The zero-order valence-corrected chi connectivity index (χ0v) is 15.3. The molecule has 1 atom stereocenters. The molecular weight excluding hydrogens is 353 g/mol. The van der Waals surface area contributed by atoms with Gasteiger partial charge >= 0.3 is 0 Å². The van der Waals surface area contributed by atoms with Crippen LogP contribution in [0.2, 0.25) is 0 Å². The third-order valence-corrected chi connectivity index (χ3v) is 6.72. The minimum atomic E-state index is -3.54. The van der Waals surface area contributed by atoms with Gasteiger partial charge in [0.25, 0.3) is 0 Å². The lowest BCUT2D eigenvalue weighted by molar-refractivity contribution is 0.162. The molecule has 1 heterocycles. The Morgan fingerprint density at radius 1 is 1.04 bits per heavy atom. The number of aryl methyl sites for hydroxylation is 1. The average Bonchev–Trinajstić information content (AvgIpc) is 2.64. The van der Waals surface area contributed by atoms with E-state index in [0.29, 0.717) is 36.6 Å². The van der Waals surface area contributed by atoms with Crippen molar-refractivity contribution < 1.29 is 12.8 Å². The highest BCUT2D eigenvalue weighted by molar-refractivity contribution is 7.89. The van der Waals surface area contributed by atoms with Crippen molar-refractivity contribution in [2.75, 3.05) is 26.2 Å². The summed E-state index contributed by atoms with van der Waals surface area (Å²) in [5.74, 6) is -0.348. The van der Waals surface area contributed by atoms with Crippen molar-refractivity contribution in [2.24, 2.45) is 0 Å². The van der Waals surface area contributed by atoms with Crippen molar-refractivity contribution in [3.63, 3.8) is 0 Å². The molecule has 1 unspecified atom stereocenters. The Balaban J connectivity index is 1.73. The first-order valence-electron chi connectivity index (χ1n) is 8.38. The van der Waals surface area contributed by atoms with Crippen molar-refractivity contribution in [3.05, 3.63) is 65.5 Å². The van der Waals surface area contributed by atoms with Gasteiger partial charge in [-0.05, 0) is 36.2 Å². The lowest BCUT2D eigenvalue weighted by atomic mass is 10.1. The maximum absolute atomic E-state index is 13.1. The van der Waals surface area contributed by atoms with Gasteiger partial charge in [-0.15, -0.1) is 0 Å². The number of rotatable bonds is 4. The summed E-state index contributed by atoms with van der Waals surface area (Å²) in [4.78, 5) is 2.25. The number of nitriles is 1. The standard InChI is InChI=1S/C19H20FN3O2S/c1-15-4-2-3-5-19(15)26(24,25)23-12-10-22(11-13-23)18(14-21)16-6-8-17(20)9-7-16/h2-9,18H,10-13H2,1H3. The largest absolute Gasteiger partial charge is 0.282 e. The molecule has 1 aliphatic rings. The number of piperazine rings is 1. The van der Waals surface area contributed by atoms with E-state index in [0.717, 1.165) is 5.56 Å². The molecular formula is C19H20FN3O2S. The van der Waals surface area contributed by atoms with Crippen LogP contribution in [0.25, 0.3) is 0 Å². The third-order valence-electron chi connectivity index (χ3n) is 4.66. The smallest absolute Gasteiger partial charge is 0.243 e. The SMILES string of the molecule is Cc1ccccc1S(=O)(=O)N1CCN(C(C#N)c2ccc(F)cc2)CC1. The van der Waals surface area contributed by atoms with E-state index in [4.69, 9.17) is 0 Å². The van der Waals surface area contributed by atoms with E-state index in [2.05, 4.69) is 6.07 Å². The van der Waals surface area contributed by atoms with E-state index in [-0.39, 0.29) is 5.82 Å². The molecule has 3 rings (SSSR count). The zero-order chi connectivity index (χ0) is 18.7. The topological polar surface area (TPSA) is 64.4 Å². The number of benzene rings is 2. The van der Waals surface area contributed by atoms with Gasteiger partial charge in [0, 0.05) is 26.2 Å². The van der Waals surface area contributed by atoms with E-state index in [1.807, 2.05) is 11.0 Å². The summed E-state index contributed by atoms with van der Waals surface area (Å²) in [5.41, 5.74) is 1.43. The van der Waals surface area contributed by atoms with E-state index in [9.17, 15) is 18.1 Å². The second-order valence-electron chi connectivity index (χ2n) is 6.29. The van der Waals surface area contributed by atoms with Gasteiger partial charge < -0.3 is 0 Å².